The van der Waals surface area contributed by atoms with Gasteiger partial charge in [0.15, 0.2) is 0 Å². The van der Waals surface area contributed by atoms with Gasteiger partial charge in [0.1, 0.15) is 0 Å². The zero-order valence-electron chi connectivity index (χ0n) is 7.24. The second-order valence-electron chi connectivity index (χ2n) is 3.21. The average molecular weight is 184 g/mol. The lowest BCUT2D eigenvalue weighted by molar-refractivity contribution is 1.04. The molecule has 1 saturated carbocycles. The zero-order valence-corrected chi connectivity index (χ0v) is 8.06. The summed E-state index contributed by atoms with van der Waals surface area (Å²) < 4.78 is 4.19. The molecule has 4 nitrogen and oxygen atoms in total. The van der Waals surface area contributed by atoms with Crippen molar-refractivity contribution in [3.63, 3.8) is 0 Å². The minimum absolute atomic E-state index is 0.660. The summed E-state index contributed by atoms with van der Waals surface area (Å²) in [5.74, 6) is 0.795. The third kappa shape index (κ3) is 1.66. The number of anilines is 2. The van der Waals surface area contributed by atoms with E-state index in [1.54, 1.807) is 0 Å². The first-order valence-corrected chi connectivity index (χ1v) is 4.80. The van der Waals surface area contributed by atoms with Gasteiger partial charge in [0.25, 0.3) is 0 Å². The van der Waals surface area contributed by atoms with Gasteiger partial charge in [0.05, 0.1) is 0 Å². The van der Waals surface area contributed by atoms with E-state index in [0.29, 0.717) is 6.04 Å². The lowest BCUT2D eigenvalue weighted by atomic mass is 10.7. The zero-order chi connectivity index (χ0) is 8.55. The normalized spacial score (nSPS) is 16.2. The van der Waals surface area contributed by atoms with Crippen LogP contribution in [0.25, 0.3) is 0 Å². The SMILES string of the molecule is CN(C)c1nsc(NC2CC2)n1. The van der Waals surface area contributed by atoms with E-state index in [1.165, 1.54) is 24.4 Å². The fraction of sp³-hybridized carbons (Fsp3) is 0.714. The van der Waals surface area contributed by atoms with Crippen molar-refractivity contribution >= 4 is 22.6 Å². The molecule has 1 aliphatic carbocycles. The van der Waals surface area contributed by atoms with Crippen molar-refractivity contribution in [1.82, 2.24) is 9.36 Å². The highest BCUT2D eigenvalue weighted by Crippen LogP contribution is 2.26. The van der Waals surface area contributed by atoms with Gasteiger partial charge in [-0.3, -0.25) is 0 Å². The van der Waals surface area contributed by atoms with Gasteiger partial charge in [-0.25, -0.2) is 0 Å². The van der Waals surface area contributed by atoms with Gasteiger partial charge in [0.2, 0.25) is 11.1 Å². The molecular formula is C7H12N4S. The second-order valence-corrected chi connectivity index (χ2v) is 3.96. The smallest absolute Gasteiger partial charge is 0.238 e. The van der Waals surface area contributed by atoms with Crippen molar-refractivity contribution in [1.29, 1.82) is 0 Å². The predicted octanol–water partition coefficient (Wildman–Crippen LogP) is 1.18. The molecule has 0 saturated heterocycles. The molecule has 5 heteroatoms. The van der Waals surface area contributed by atoms with E-state index < -0.39 is 0 Å². The third-order valence-corrected chi connectivity index (χ3v) is 2.36. The Morgan fingerprint density at radius 2 is 2.25 bits per heavy atom. The summed E-state index contributed by atoms with van der Waals surface area (Å²) in [5.41, 5.74) is 0. The van der Waals surface area contributed by atoms with Crippen molar-refractivity contribution in [2.45, 2.75) is 18.9 Å². The number of hydrogen-bond acceptors (Lipinski definition) is 5. The lowest BCUT2D eigenvalue weighted by Crippen LogP contribution is -2.10. The maximum Gasteiger partial charge on any atom is 0.238 e. The van der Waals surface area contributed by atoms with Crippen LogP contribution >= 0.6 is 11.5 Å². The summed E-state index contributed by atoms with van der Waals surface area (Å²) in [6, 6.07) is 0.660. The van der Waals surface area contributed by atoms with Gasteiger partial charge < -0.3 is 10.2 Å². The van der Waals surface area contributed by atoms with Crippen LogP contribution in [0.15, 0.2) is 0 Å². The van der Waals surface area contributed by atoms with E-state index in [9.17, 15) is 0 Å². The van der Waals surface area contributed by atoms with Crippen LogP contribution in [-0.4, -0.2) is 29.5 Å². The van der Waals surface area contributed by atoms with Crippen molar-refractivity contribution in [3.05, 3.63) is 0 Å². The monoisotopic (exact) mass is 184 g/mol. The average Bonchev–Trinajstić information content (AvgIpc) is 2.66. The van der Waals surface area contributed by atoms with Gasteiger partial charge in [-0.1, -0.05) is 0 Å². The predicted molar refractivity (Wildman–Crippen MR) is 50.9 cm³/mol. The van der Waals surface area contributed by atoms with Gasteiger partial charge in [-0.2, -0.15) is 9.36 Å². The van der Waals surface area contributed by atoms with Crippen LogP contribution in [-0.2, 0) is 0 Å². The van der Waals surface area contributed by atoms with Crippen LogP contribution in [0.2, 0.25) is 0 Å². The molecule has 0 aliphatic heterocycles. The van der Waals surface area contributed by atoms with E-state index in [4.69, 9.17) is 0 Å². The van der Waals surface area contributed by atoms with E-state index >= 15 is 0 Å². The Morgan fingerprint density at radius 1 is 1.50 bits per heavy atom. The van der Waals surface area contributed by atoms with Crippen molar-refractivity contribution in [2.75, 3.05) is 24.3 Å². The Labute approximate surface area is 75.8 Å². The first kappa shape index (κ1) is 7.79. The van der Waals surface area contributed by atoms with Crippen molar-refractivity contribution in [2.24, 2.45) is 0 Å². The number of nitrogens with zero attached hydrogens (tertiary/aromatic N) is 3. The first-order valence-electron chi connectivity index (χ1n) is 4.03. The van der Waals surface area contributed by atoms with Crippen LogP contribution in [0.5, 0.6) is 0 Å². The highest BCUT2D eigenvalue weighted by molar-refractivity contribution is 7.09. The highest BCUT2D eigenvalue weighted by Gasteiger charge is 2.22. The minimum Gasteiger partial charge on any atom is -0.358 e. The third-order valence-electron chi connectivity index (χ3n) is 1.72. The molecule has 1 aromatic heterocycles. The van der Waals surface area contributed by atoms with Gasteiger partial charge in [-0.05, 0) is 12.8 Å². The Balaban J connectivity index is 2.02. The molecule has 1 heterocycles. The van der Waals surface area contributed by atoms with Crippen molar-refractivity contribution < 1.29 is 0 Å². The van der Waals surface area contributed by atoms with Crippen LogP contribution < -0.4 is 10.2 Å². The molecule has 0 amide bonds. The van der Waals surface area contributed by atoms with Gasteiger partial charge >= 0.3 is 0 Å². The fourth-order valence-corrected chi connectivity index (χ4v) is 1.57. The van der Waals surface area contributed by atoms with E-state index in [0.717, 1.165) is 11.1 Å². The molecule has 0 spiro atoms. The summed E-state index contributed by atoms with van der Waals surface area (Å²) in [6.07, 6.45) is 2.55. The molecule has 0 aromatic carbocycles. The maximum atomic E-state index is 4.31. The maximum absolute atomic E-state index is 4.31. The van der Waals surface area contributed by atoms with E-state index in [1.807, 2.05) is 19.0 Å². The van der Waals surface area contributed by atoms with E-state index in [-0.39, 0.29) is 0 Å². The second kappa shape index (κ2) is 2.90. The Hall–Kier alpha value is -0.840. The van der Waals surface area contributed by atoms with Crippen LogP contribution in [0.3, 0.4) is 0 Å². The Morgan fingerprint density at radius 3 is 2.75 bits per heavy atom. The molecule has 0 unspecified atom stereocenters. The molecule has 0 radical (unpaired) electrons. The van der Waals surface area contributed by atoms with Gasteiger partial charge in [-0.15, -0.1) is 0 Å². The van der Waals surface area contributed by atoms with Crippen molar-refractivity contribution in [3.8, 4) is 0 Å². The summed E-state index contributed by atoms with van der Waals surface area (Å²) >= 11 is 1.43. The number of nitrogens with one attached hydrogen (secondary N) is 1. The molecule has 0 bridgehead atoms. The number of rotatable bonds is 3. The minimum atomic E-state index is 0.660. The molecular weight excluding hydrogens is 172 g/mol. The molecule has 2 rings (SSSR count). The lowest BCUT2D eigenvalue weighted by Gasteiger charge is -2.03. The quantitative estimate of drug-likeness (QED) is 0.766. The highest BCUT2D eigenvalue weighted by atomic mass is 32.1. The summed E-state index contributed by atoms with van der Waals surface area (Å²) in [5, 5.41) is 4.25. The van der Waals surface area contributed by atoms with Crippen LogP contribution in [0.4, 0.5) is 11.1 Å². The molecule has 1 aliphatic rings. The molecule has 1 fully saturated rings. The summed E-state index contributed by atoms with van der Waals surface area (Å²) in [4.78, 5) is 6.22. The van der Waals surface area contributed by atoms with Gasteiger partial charge in [0, 0.05) is 31.7 Å². The Bertz CT molecular complexity index is 266. The summed E-state index contributed by atoms with van der Waals surface area (Å²) in [7, 11) is 3.89. The molecule has 1 N–H and O–H groups in total. The first-order chi connectivity index (χ1) is 5.75. The molecule has 12 heavy (non-hydrogen) atoms. The molecule has 0 atom stereocenters. The molecule has 66 valence electrons. The standard InChI is InChI=1S/C7H12N4S/c1-11(2)6-9-7(12-10-6)8-5-3-4-5/h5H,3-4H2,1-2H3,(H,8,9,10). The number of aromatic nitrogens is 2. The topological polar surface area (TPSA) is 41.1 Å². The summed E-state index contributed by atoms with van der Waals surface area (Å²) in [6.45, 7) is 0. The van der Waals surface area contributed by atoms with E-state index in [2.05, 4.69) is 14.7 Å². The molecule has 1 aromatic rings. The Kier molecular flexibility index (Phi) is 1.88. The fourth-order valence-electron chi connectivity index (χ4n) is 0.858. The van der Waals surface area contributed by atoms with Crippen LogP contribution in [0.1, 0.15) is 12.8 Å². The largest absolute Gasteiger partial charge is 0.358 e. The number of hydrogen-bond donors (Lipinski definition) is 1. The van der Waals surface area contributed by atoms with Crippen LogP contribution in [0, 0.1) is 0 Å².